The molecule has 7 nitrogen and oxygen atoms in total. The first kappa shape index (κ1) is 23.3. The maximum Gasteiger partial charge on any atom is 0.191 e. The van der Waals surface area contributed by atoms with Crippen LogP contribution in [0.15, 0.2) is 29.3 Å². The molecule has 2 aromatic rings. The Kier molecular flexibility index (Phi) is 10.9. The van der Waals surface area contributed by atoms with Crippen LogP contribution in [0.4, 0.5) is 4.39 Å². The van der Waals surface area contributed by atoms with E-state index in [2.05, 4.69) is 25.8 Å². The van der Waals surface area contributed by atoms with E-state index in [9.17, 15) is 4.39 Å². The molecule has 1 heterocycles. The number of halogens is 2. The van der Waals surface area contributed by atoms with Crippen molar-refractivity contribution in [2.75, 3.05) is 26.8 Å². The summed E-state index contributed by atoms with van der Waals surface area (Å²) in [4.78, 5) is 4.56. The van der Waals surface area contributed by atoms with Crippen molar-refractivity contribution in [3.05, 3.63) is 47.3 Å². The lowest BCUT2D eigenvalue weighted by atomic mass is 10.1. The van der Waals surface area contributed by atoms with Crippen molar-refractivity contribution in [3.63, 3.8) is 0 Å². The molecule has 0 bridgehead atoms. The van der Waals surface area contributed by atoms with E-state index < -0.39 is 0 Å². The van der Waals surface area contributed by atoms with Crippen LogP contribution >= 0.6 is 24.0 Å². The Bertz CT molecular complexity index is 722. The molecule has 0 saturated carbocycles. The van der Waals surface area contributed by atoms with Crippen LogP contribution in [0.5, 0.6) is 0 Å². The Balaban J connectivity index is 0.00000364. The number of methoxy groups -OCH3 is 1. The summed E-state index contributed by atoms with van der Waals surface area (Å²) in [5.41, 5.74) is 0.683. The third kappa shape index (κ3) is 7.79. The SMILES string of the molecule is COCCCNC(=NCc1nnc(C)n1C)NCCc1ccccc1F.I. The highest BCUT2D eigenvalue weighted by molar-refractivity contribution is 14.0. The maximum atomic E-state index is 13.7. The minimum atomic E-state index is -0.185. The van der Waals surface area contributed by atoms with Crippen molar-refractivity contribution in [1.29, 1.82) is 0 Å². The highest BCUT2D eigenvalue weighted by atomic mass is 127. The van der Waals surface area contributed by atoms with Crippen LogP contribution in [-0.4, -0.2) is 47.5 Å². The number of ether oxygens (including phenoxy) is 1. The summed E-state index contributed by atoms with van der Waals surface area (Å²) in [7, 11) is 3.59. The van der Waals surface area contributed by atoms with Crippen molar-refractivity contribution in [3.8, 4) is 0 Å². The van der Waals surface area contributed by atoms with Gasteiger partial charge in [-0.15, -0.1) is 34.2 Å². The number of aliphatic imine (C=N–C) groups is 1. The van der Waals surface area contributed by atoms with Gasteiger partial charge in [0.25, 0.3) is 0 Å². The van der Waals surface area contributed by atoms with Crippen molar-refractivity contribution < 1.29 is 9.13 Å². The standard InChI is InChI=1S/C18H27FN6O.HI/c1-14-23-24-17(25(14)2)13-22-18(20-10-6-12-26-3)21-11-9-15-7-4-5-8-16(15)19;/h4-5,7-8H,6,9-13H2,1-3H3,(H2,20,21,22);1H. The van der Waals surface area contributed by atoms with Gasteiger partial charge in [0.2, 0.25) is 0 Å². The Morgan fingerprint density at radius 1 is 1.22 bits per heavy atom. The highest BCUT2D eigenvalue weighted by Gasteiger charge is 2.06. The number of hydrogen-bond donors (Lipinski definition) is 2. The second kappa shape index (κ2) is 12.6. The van der Waals surface area contributed by atoms with E-state index in [0.29, 0.717) is 37.6 Å². The first-order chi connectivity index (χ1) is 12.6. The average molecular weight is 490 g/mol. The first-order valence-electron chi connectivity index (χ1n) is 8.71. The van der Waals surface area contributed by atoms with E-state index in [1.54, 1.807) is 19.2 Å². The first-order valence-corrected chi connectivity index (χ1v) is 8.71. The van der Waals surface area contributed by atoms with Crippen molar-refractivity contribution in [2.45, 2.75) is 26.3 Å². The highest BCUT2D eigenvalue weighted by Crippen LogP contribution is 2.06. The molecule has 0 aliphatic carbocycles. The molecular weight excluding hydrogens is 462 g/mol. The number of aryl methyl sites for hydroxylation is 1. The Labute approximate surface area is 176 Å². The van der Waals surface area contributed by atoms with Crippen LogP contribution in [0.2, 0.25) is 0 Å². The second-order valence-corrected chi connectivity index (χ2v) is 5.93. The lowest BCUT2D eigenvalue weighted by molar-refractivity contribution is 0.195. The van der Waals surface area contributed by atoms with Crippen molar-refractivity contribution >= 4 is 29.9 Å². The molecule has 2 N–H and O–H groups in total. The number of nitrogens with one attached hydrogen (secondary N) is 2. The molecule has 0 unspecified atom stereocenters. The molecule has 150 valence electrons. The molecule has 0 atom stereocenters. The molecule has 0 spiro atoms. The zero-order valence-corrected chi connectivity index (χ0v) is 18.4. The van der Waals surface area contributed by atoms with Crippen LogP contribution in [0.25, 0.3) is 0 Å². The van der Waals surface area contributed by atoms with E-state index >= 15 is 0 Å². The van der Waals surface area contributed by atoms with Crippen LogP contribution in [0.3, 0.4) is 0 Å². The van der Waals surface area contributed by atoms with Gasteiger partial charge in [0, 0.05) is 33.9 Å². The normalized spacial score (nSPS) is 11.2. The lowest BCUT2D eigenvalue weighted by Crippen LogP contribution is -2.39. The van der Waals surface area contributed by atoms with Gasteiger partial charge in [-0.1, -0.05) is 18.2 Å². The number of guanidine groups is 1. The molecule has 0 aliphatic heterocycles. The smallest absolute Gasteiger partial charge is 0.191 e. The van der Waals surface area contributed by atoms with Crippen LogP contribution in [0.1, 0.15) is 23.6 Å². The van der Waals surface area contributed by atoms with Gasteiger partial charge in [0.15, 0.2) is 11.8 Å². The van der Waals surface area contributed by atoms with Gasteiger partial charge in [-0.05, 0) is 31.4 Å². The molecule has 0 amide bonds. The minimum Gasteiger partial charge on any atom is -0.385 e. The maximum absolute atomic E-state index is 13.7. The largest absolute Gasteiger partial charge is 0.385 e. The number of rotatable bonds is 9. The van der Waals surface area contributed by atoms with Gasteiger partial charge in [-0.3, -0.25) is 0 Å². The molecule has 1 aromatic carbocycles. The molecule has 0 aliphatic rings. The van der Waals surface area contributed by atoms with Gasteiger partial charge in [0.1, 0.15) is 18.2 Å². The van der Waals surface area contributed by atoms with Gasteiger partial charge in [-0.2, -0.15) is 0 Å². The molecule has 0 fully saturated rings. The van der Waals surface area contributed by atoms with E-state index in [1.807, 2.05) is 24.6 Å². The number of aromatic nitrogens is 3. The topological polar surface area (TPSA) is 76.4 Å². The number of benzene rings is 1. The summed E-state index contributed by atoms with van der Waals surface area (Å²) in [5.74, 6) is 2.11. The zero-order valence-electron chi connectivity index (χ0n) is 16.0. The Morgan fingerprint density at radius 2 is 1.96 bits per heavy atom. The fourth-order valence-electron chi connectivity index (χ4n) is 2.35. The Morgan fingerprint density at radius 3 is 2.63 bits per heavy atom. The van der Waals surface area contributed by atoms with Crippen LogP contribution < -0.4 is 10.6 Å². The quantitative estimate of drug-likeness (QED) is 0.244. The molecule has 2 rings (SSSR count). The second-order valence-electron chi connectivity index (χ2n) is 5.93. The fraction of sp³-hybridized carbons (Fsp3) is 0.500. The van der Waals surface area contributed by atoms with Gasteiger partial charge >= 0.3 is 0 Å². The number of nitrogens with zero attached hydrogens (tertiary/aromatic N) is 4. The summed E-state index contributed by atoms with van der Waals surface area (Å²) in [6.07, 6.45) is 1.45. The average Bonchev–Trinajstić information content (AvgIpc) is 2.96. The van der Waals surface area contributed by atoms with Gasteiger partial charge < -0.3 is 19.9 Å². The van der Waals surface area contributed by atoms with Crippen molar-refractivity contribution in [1.82, 2.24) is 25.4 Å². The van der Waals surface area contributed by atoms with E-state index in [4.69, 9.17) is 4.74 Å². The molecular formula is C18H28FIN6O. The summed E-state index contributed by atoms with van der Waals surface area (Å²) >= 11 is 0. The summed E-state index contributed by atoms with van der Waals surface area (Å²) < 4.78 is 20.7. The Hall–Kier alpha value is -1.75. The van der Waals surface area contributed by atoms with E-state index in [1.165, 1.54) is 6.07 Å². The fourth-order valence-corrected chi connectivity index (χ4v) is 2.35. The van der Waals surface area contributed by atoms with Gasteiger partial charge in [-0.25, -0.2) is 9.38 Å². The monoisotopic (exact) mass is 490 g/mol. The van der Waals surface area contributed by atoms with Crippen molar-refractivity contribution in [2.24, 2.45) is 12.0 Å². The predicted octanol–water partition coefficient (Wildman–Crippen LogP) is 2.20. The lowest BCUT2D eigenvalue weighted by Gasteiger charge is -2.13. The number of hydrogen-bond acceptors (Lipinski definition) is 4. The molecule has 9 heteroatoms. The van der Waals surface area contributed by atoms with Crippen LogP contribution in [-0.2, 0) is 24.8 Å². The molecule has 0 radical (unpaired) electrons. The van der Waals surface area contributed by atoms with E-state index in [-0.39, 0.29) is 29.8 Å². The minimum absolute atomic E-state index is 0. The van der Waals surface area contributed by atoms with E-state index in [0.717, 1.165) is 24.6 Å². The molecule has 27 heavy (non-hydrogen) atoms. The third-order valence-electron chi connectivity index (χ3n) is 4.02. The summed E-state index contributed by atoms with van der Waals surface area (Å²) in [5, 5.41) is 14.7. The van der Waals surface area contributed by atoms with Crippen LogP contribution in [0, 0.1) is 12.7 Å². The molecule has 0 saturated heterocycles. The predicted molar refractivity (Wildman–Crippen MR) is 115 cm³/mol. The van der Waals surface area contributed by atoms with Gasteiger partial charge in [0.05, 0.1) is 0 Å². The summed E-state index contributed by atoms with van der Waals surface area (Å²) in [6, 6.07) is 6.80. The zero-order chi connectivity index (χ0) is 18.8. The third-order valence-corrected chi connectivity index (χ3v) is 4.02. The summed E-state index contributed by atoms with van der Waals surface area (Å²) in [6.45, 7) is 4.30. The molecule has 1 aromatic heterocycles.